The molecule has 0 unspecified atom stereocenters. The second kappa shape index (κ2) is 10.3. The van der Waals surface area contributed by atoms with Gasteiger partial charge in [-0.3, -0.25) is 4.79 Å². The molecule has 50 heavy (non-hydrogen) atoms. The van der Waals surface area contributed by atoms with Gasteiger partial charge >= 0.3 is 6.18 Å². The van der Waals surface area contributed by atoms with E-state index in [1.54, 1.807) is 0 Å². The molecular weight excluding hydrogens is 627 g/mol. The maximum absolute atomic E-state index is 13.7. The summed E-state index contributed by atoms with van der Waals surface area (Å²) in [5.41, 5.74) is 13.6. The number of benzene rings is 6. The van der Waals surface area contributed by atoms with E-state index in [0.717, 1.165) is 40.3 Å². The number of rotatable bonds is 3. The van der Waals surface area contributed by atoms with Crippen LogP contribution in [0.25, 0.3) is 33.4 Å². The van der Waals surface area contributed by atoms with Gasteiger partial charge in [0.2, 0.25) is 0 Å². The van der Waals surface area contributed by atoms with E-state index < -0.39 is 11.7 Å². The highest BCUT2D eigenvalue weighted by Crippen LogP contribution is 2.54. The van der Waals surface area contributed by atoms with Crippen LogP contribution in [0.4, 0.5) is 30.2 Å². The first kappa shape index (κ1) is 30.6. The van der Waals surface area contributed by atoms with Crippen LogP contribution in [0.2, 0.25) is 0 Å². The molecule has 2 nitrogen and oxygen atoms in total. The fourth-order valence-corrected chi connectivity index (χ4v) is 8.75. The van der Waals surface area contributed by atoms with E-state index in [9.17, 15) is 18.0 Å². The first-order valence-electron chi connectivity index (χ1n) is 17.0. The predicted molar refractivity (Wildman–Crippen MR) is 195 cm³/mol. The quantitative estimate of drug-likeness (QED) is 0.188. The van der Waals surface area contributed by atoms with E-state index in [4.69, 9.17) is 0 Å². The molecule has 246 valence electrons. The van der Waals surface area contributed by atoms with Gasteiger partial charge in [0.25, 0.3) is 0 Å². The number of halogens is 3. The van der Waals surface area contributed by atoms with Crippen molar-refractivity contribution in [2.24, 2.45) is 0 Å². The van der Waals surface area contributed by atoms with Crippen LogP contribution in [-0.2, 0) is 23.4 Å². The SMILES string of the molecule is CC1(C)c2ccccc2-c2ccc(N(c3ccc4c(c3)C(C)(C)c3ccccc3-4)c3cccc4c3CC(=O)c3cc(C(F)(F)F)ccc3-4)cc21. The van der Waals surface area contributed by atoms with Gasteiger partial charge in [-0.1, -0.05) is 107 Å². The zero-order valence-electron chi connectivity index (χ0n) is 28.2. The lowest BCUT2D eigenvalue weighted by atomic mass is 9.81. The second-order valence-corrected chi connectivity index (χ2v) is 14.8. The molecule has 0 atom stereocenters. The number of anilines is 3. The van der Waals surface area contributed by atoms with Crippen molar-refractivity contribution in [2.45, 2.75) is 51.1 Å². The zero-order chi connectivity index (χ0) is 34.7. The average molecular weight is 662 g/mol. The highest BCUT2D eigenvalue weighted by Gasteiger charge is 2.39. The van der Waals surface area contributed by atoms with Gasteiger partial charge in [0, 0.05) is 34.2 Å². The van der Waals surface area contributed by atoms with Gasteiger partial charge in [-0.25, -0.2) is 0 Å². The summed E-state index contributed by atoms with van der Waals surface area (Å²) in [6.45, 7) is 9.04. The fraction of sp³-hybridized carbons (Fsp3) is 0.178. The minimum Gasteiger partial charge on any atom is -0.310 e. The molecule has 0 heterocycles. The van der Waals surface area contributed by atoms with Crippen molar-refractivity contribution >= 4 is 22.8 Å². The van der Waals surface area contributed by atoms with Crippen molar-refractivity contribution in [3.8, 4) is 33.4 Å². The summed E-state index contributed by atoms with van der Waals surface area (Å²) in [6, 6.07) is 39.8. The summed E-state index contributed by atoms with van der Waals surface area (Å²) in [5, 5.41) is 0. The Morgan fingerprint density at radius 3 is 1.58 bits per heavy atom. The van der Waals surface area contributed by atoms with E-state index in [-0.39, 0.29) is 28.6 Å². The van der Waals surface area contributed by atoms with Gasteiger partial charge in [0.15, 0.2) is 5.78 Å². The summed E-state index contributed by atoms with van der Waals surface area (Å²) in [5.74, 6) is -0.318. The van der Waals surface area contributed by atoms with Crippen LogP contribution in [0.5, 0.6) is 0 Å². The molecule has 3 aliphatic carbocycles. The number of fused-ring (bicyclic) bond motifs is 9. The number of carbonyl (C=O) groups is 1. The van der Waals surface area contributed by atoms with E-state index in [0.29, 0.717) is 5.56 Å². The summed E-state index contributed by atoms with van der Waals surface area (Å²) in [4.78, 5) is 16.0. The van der Waals surface area contributed by atoms with Crippen LogP contribution in [0.3, 0.4) is 0 Å². The lowest BCUT2D eigenvalue weighted by Gasteiger charge is -2.33. The highest BCUT2D eigenvalue weighted by molar-refractivity contribution is 6.09. The number of hydrogen-bond donors (Lipinski definition) is 0. The number of nitrogens with zero attached hydrogens (tertiary/aromatic N) is 1. The Morgan fingerprint density at radius 2 is 1.02 bits per heavy atom. The van der Waals surface area contributed by atoms with Crippen molar-refractivity contribution in [1.82, 2.24) is 0 Å². The van der Waals surface area contributed by atoms with Crippen molar-refractivity contribution in [2.75, 3.05) is 4.90 Å². The number of hydrogen-bond acceptors (Lipinski definition) is 2. The first-order chi connectivity index (χ1) is 23.9. The zero-order valence-corrected chi connectivity index (χ0v) is 28.2. The molecule has 9 rings (SSSR count). The Balaban J connectivity index is 1.27. The second-order valence-electron chi connectivity index (χ2n) is 14.8. The summed E-state index contributed by atoms with van der Waals surface area (Å²) >= 11 is 0. The smallest absolute Gasteiger partial charge is 0.310 e. The first-order valence-corrected chi connectivity index (χ1v) is 17.0. The number of Topliss-reactive ketones (excluding diaryl/α,β-unsaturated/α-hetero) is 1. The van der Waals surface area contributed by atoms with Gasteiger partial charge in [0.05, 0.1) is 11.3 Å². The molecule has 3 aliphatic rings. The third-order valence-corrected chi connectivity index (χ3v) is 11.3. The van der Waals surface area contributed by atoms with Gasteiger partial charge < -0.3 is 4.90 Å². The number of ketones is 1. The van der Waals surface area contributed by atoms with E-state index in [2.05, 4.69) is 118 Å². The van der Waals surface area contributed by atoms with Crippen LogP contribution >= 0.6 is 0 Å². The molecule has 0 amide bonds. The molecule has 0 spiro atoms. The summed E-state index contributed by atoms with van der Waals surface area (Å²) < 4.78 is 41.0. The number of carbonyl (C=O) groups excluding carboxylic acids is 1. The normalized spacial score (nSPS) is 15.8. The molecule has 0 aliphatic heterocycles. The predicted octanol–water partition coefficient (Wildman–Crippen LogP) is 12.2. The van der Waals surface area contributed by atoms with Gasteiger partial charge in [-0.2, -0.15) is 13.2 Å². The minimum atomic E-state index is -4.53. The van der Waals surface area contributed by atoms with E-state index in [1.165, 1.54) is 50.6 Å². The Morgan fingerprint density at radius 1 is 0.520 bits per heavy atom. The van der Waals surface area contributed by atoms with Crippen molar-refractivity contribution in [3.63, 3.8) is 0 Å². The molecular formula is C45H34F3NO. The lowest BCUT2D eigenvalue weighted by Crippen LogP contribution is -2.21. The largest absolute Gasteiger partial charge is 0.416 e. The topological polar surface area (TPSA) is 20.3 Å². The van der Waals surface area contributed by atoms with Crippen molar-refractivity contribution in [3.05, 3.63) is 160 Å². The maximum atomic E-state index is 13.7. The van der Waals surface area contributed by atoms with Crippen LogP contribution in [0.15, 0.2) is 121 Å². The Bertz CT molecular complexity index is 2330. The molecule has 6 aromatic rings. The van der Waals surface area contributed by atoms with Crippen LogP contribution in [0, 0.1) is 0 Å². The summed E-state index contributed by atoms with van der Waals surface area (Å²) in [6.07, 6.45) is -4.53. The average Bonchev–Trinajstić information content (AvgIpc) is 3.47. The third kappa shape index (κ3) is 4.25. The Hall–Kier alpha value is -5.42. The Kier molecular flexibility index (Phi) is 6.31. The van der Waals surface area contributed by atoms with Crippen molar-refractivity contribution < 1.29 is 18.0 Å². The number of alkyl halides is 3. The molecule has 0 bridgehead atoms. The van der Waals surface area contributed by atoms with Crippen LogP contribution in [0.1, 0.15) is 71.4 Å². The van der Waals surface area contributed by atoms with Crippen LogP contribution < -0.4 is 4.90 Å². The molecule has 0 radical (unpaired) electrons. The summed E-state index contributed by atoms with van der Waals surface area (Å²) in [7, 11) is 0. The molecule has 0 saturated carbocycles. The monoisotopic (exact) mass is 661 g/mol. The molecule has 5 heteroatoms. The maximum Gasteiger partial charge on any atom is 0.416 e. The standard InChI is InChI=1S/C45H34F3NO/c1-43(2)37-13-7-5-10-31(37)33-20-17-27(23-39(33)43)49(28-18-21-34-32-11-6-8-14-38(32)44(3,4)40(34)24-28)41-15-9-12-29-30-19-16-26(45(46,47)48)22-36(30)42(50)25-35(29)41/h5-24H,25H2,1-4H3. The van der Waals surface area contributed by atoms with Crippen LogP contribution in [-0.4, -0.2) is 5.78 Å². The van der Waals surface area contributed by atoms with E-state index >= 15 is 0 Å². The Labute approximate surface area is 289 Å². The molecule has 0 aromatic heterocycles. The molecule has 0 N–H and O–H groups in total. The van der Waals surface area contributed by atoms with Crippen molar-refractivity contribution in [1.29, 1.82) is 0 Å². The lowest BCUT2D eigenvalue weighted by molar-refractivity contribution is -0.137. The van der Waals surface area contributed by atoms with Gasteiger partial charge in [-0.05, 0) is 104 Å². The van der Waals surface area contributed by atoms with Gasteiger partial charge in [-0.15, -0.1) is 0 Å². The minimum absolute atomic E-state index is 0.0000667. The fourth-order valence-electron chi connectivity index (χ4n) is 8.75. The molecule has 6 aromatic carbocycles. The molecule has 0 saturated heterocycles. The highest BCUT2D eigenvalue weighted by atomic mass is 19.4. The van der Waals surface area contributed by atoms with Gasteiger partial charge in [0.1, 0.15) is 0 Å². The molecule has 0 fully saturated rings. The third-order valence-electron chi connectivity index (χ3n) is 11.3. The van der Waals surface area contributed by atoms with E-state index in [1.807, 2.05) is 18.2 Å².